The van der Waals surface area contributed by atoms with E-state index in [0.29, 0.717) is 24.4 Å². The van der Waals surface area contributed by atoms with Gasteiger partial charge in [-0.25, -0.2) is 0 Å². The highest BCUT2D eigenvalue weighted by Crippen LogP contribution is 2.34. The minimum Gasteiger partial charge on any atom is -0.491 e. The Hall–Kier alpha value is -3.22. The summed E-state index contributed by atoms with van der Waals surface area (Å²) in [5.74, 6) is 0.528. The molecule has 1 fully saturated rings. The van der Waals surface area contributed by atoms with E-state index in [2.05, 4.69) is 5.32 Å². The van der Waals surface area contributed by atoms with Gasteiger partial charge in [-0.05, 0) is 51.3 Å². The van der Waals surface area contributed by atoms with Gasteiger partial charge in [0, 0.05) is 24.7 Å². The van der Waals surface area contributed by atoms with Crippen molar-refractivity contribution in [3.05, 3.63) is 53.9 Å². The van der Waals surface area contributed by atoms with Crippen molar-refractivity contribution in [3.63, 3.8) is 0 Å². The predicted octanol–water partition coefficient (Wildman–Crippen LogP) is 4.89. The second-order valence-electron chi connectivity index (χ2n) is 10.1. The number of nitrogens with zero attached hydrogens (tertiary/aromatic N) is 2. The summed E-state index contributed by atoms with van der Waals surface area (Å²) < 4.78 is 13.2. The lowest BCUT2D eigenvalue weighted by Gasteiger charge is -2.44. The van der Waals surface area contributed by atoms with Gasteiger partial charge >= 0.3 is 0 Å². The van der Waals surface area contributed by atoms with Gasteiger partial charge in [0.1, 0.15) is 17.0 Å². The molecule has 3 heterocycles. The highest BCUT2D eigenvalue weighted by Gasteiger charge is 2.48. The van der Waals surface area contributed by atoms with Gasteiger partial charge in [0.15, 0.2) is 5.58 Å². The van der Waals surface area contributed by atoms with Crippen LogP contribution >= 0.6 is 0 Å². The molecule has 0 unspecified atom stereocenters. The van der Waals surface area contributed by atoms with Gasteiger partial charge in [0.05, 0.1) is 24.4 Å². The summed E-state index contributed by atoms with van der Waals surface area (Å²) in [6, 6.07) is 11.6. The average Bonchev–Trinajstić information content (AvgIpc) is 3.40. The standard InChI is InChI=1S/C27H33N3O4/c1-18(2)34-21-11-9-19(10-12-21)16-30-25(31)23-15-24-22(13-14-33-24)29(23)17-27(30,3)26(32)28-20-7-5-4-6-8-20/h9-15,18,20H,4-8,16-17H2,1-3H3,(H,28,32)/t27-/m1/s1. The monoisotopic (exact) mass is 463 g/mol. The largest absolute Gasteiger partial charge is 0.491 e. The normalized spacial score (nSPS) is 21.2. The number of rotatable bonds is 6. The summed E-state index contributed by atoms with van der Waals surface area (Å²) in [7, 11) is 0. The van der Waals surface area contributed by atoms with Crippen molar-refractivity contribution in [2.75, 3.05) is 0 Å². The van der Waals surface area contributed by atoms with Crippen LogP contribution in [0.15, 0.2) is 47.1 Å². The first-order valence-corrected chi connectivity index (χ1v) is 12.3. The Kier molecular flexibility index (Phi) is 5.88. The molecule has 3 aromatic rings. The maximum atomic E-state index is 13.8. The van der Waals surface area contributed by atoms with Crippen molar-refractivity contribution in [1.82, 2.24) is 14.8 Å². The molecule has 2 aliphatic rings. The molecule has 2 amide bonds. The Bertz CT molecular complexity index is 1190. The van der Waals surface area contributed by atoms with Crippen LogP contribution in [0.3, 0.4) is 0 Å². The van der Waals surface area contributed by atoms with E-state index in [1.165, 1.54) is 6.42 Å². The van der Waals surface area contributed by atoms with Crippen LogP contribution in [-0.4, -0.2) is 39.0 Å². The second-order valence-corrected chi connectivity index (χ2v) is 10.1. The van der Waals surface area contributed by atoms with Crippen molar-refractivity contribution >= 4 is 22.9 Å². The predicted molar refractivity (Wildman–Crippen MR) is 130 cm³/mol. The molecule has 0 bridgehead atoms. The summed E-state index contributed by atoms with van der Waals surface area (Å²) in [5, 5.41) is 3.27. The Morgan fingerprint density at radius 1 is 1.18 bits per heavy atom. The lowest BCUT2D eigenvalue weighted by Crippen LogP contribution is -2.64. The van der Waals surface area contributed by atoms with Crippen molar-refractivity contribution in [1.29, 1.82) is 0 Å². The van der Waals surface area contributed by atoms with E-state index < -0.39 is 5.54 Å². The van der Waals surface area contributed by atoms with E-state index in [1.807, 2.05) is 55.7 Å². The van der Waals surface area contributed by atoms with Crippen LogP contribution in [-0.2, 0) is 17.9 Å². The Labute approximate surface area is 200 Å². The number of fused-ring (bicyclic) bond motifs is 3. The maximum Gasteiger partial charge on any atom is 0.271 e. The van der Waals surface area contributed by atoms with Gasteiger partial charge in [-0.1, -0.05) is 31.4 Å². The quantitative estimate of drug-likeness (QED) is 0.565. The smallest absolute Gasteiger partial charge is 0.271 e. The molecular formula is C27H33N3O4. The first-order chi connectivity index (χ1) is 16.3. The molecule has 0 radical (unpaired) electrons. The molecule has 7 nitrogen and oxygen atoms in total. The first kappa shape index (κ1) is 22.6. The molecule has 0 spiro atoms. The van der Waals surface area contributed by atoms with Crippen LogP contribution in [0, 0.1) is 0 Å². The Morgan fingerprint density at radius 3 is 2.62 bits per heavy atom. The lowest BCUT2D eigenvalue weighted by atomic mass is 9.91. The third-order valence-corrected chi connectivity index (χ3v) is 7.11. The molecule has 34 heavy (non-hydrogen) atoms. The number of aromatic nitrogens is 1. The van der Waals surface area contributed by atoms with Gasteiger partial charge in [-0.2, -0.15) is 0 Å². The lowest BCUT2D eigenvalue weighted by molar-refractivity contribution is -0.134. The van der Waals surface area contributed by atoms with E-state index in [-0.39, 0.29) is 24.0 Å². The molecule has 1 aliphatic carbocycles. The number of hydrogen-bond donors (Lipinski definition) is 1. The minimum absolute atomic E-state index is 0.0901. The van der Waals surface area contributed by atoms with Gasteiger partial charge in [-0.15, -0.1) is 0 Å². The van der Waals surface area contributed by atoms with Crippen molar-refractivity contribution in [2.45, 2.75) is 83.6 Å². The Balaban J connectivity index is 1.47. The van der Waals surface area contributed by atoms with E-state index in [0.717, 1.165) is 42.5 Å². The zero-order chi connectivity index (χ0) is 23.9. The van der Waals surface area contributed by atoms with Crippen LogP contribution in [0.5, 0.6) is 5.75 Å². The SMILES string of the molecule is CC(C)Oc1ccc(CN2C(=O)c3cc4occc4n3C[C@]2(C)C(=O)NC2CCCCC2)cc1. The number of benzene rings is 1. The number of carbonyl (C=O) groups excluding carboxylic acids is 2. The molecule has 180 valence electrons. The molecule has 1 saturated carbocycles. The molecule has 1 N–H and O–H groups in total. The van der Waals surface area contributed by atoms with Crippen molar-refractivity contribution in [3.8, 4) is 5.75 Å². The van der Waals surface area contributed by atoms with Crippen LogP contribution in [0.2, 0.25) is 0 Å². The van der Waals surface area contributed by atoms with Gasteiger partial charge in [-0.3, -0.25) is 9.59 Å². The van der Waals surface area contributed by atoms with Crippen LogP contribution < -0.4 is 10.1 Å². The highest BCUT2D eigenvalue weighted by atomic mass is 16.5. The zero-order valence-corrected chi connectivity index (χ0v) is 20.2. The van der Waals surface area contributed by atoms with E-state index >= 15 is 0 Å². The minimum atomic E-state index is -1.03. The van der Waals surface area contributed by atoms with E-state index in [1.54, 1.807) is 17.2 Å². The summed E-state index contributed by atoms with van der Waals surface area (Å²) in [4.78, 5) is 29.2. The third-order valence-electron chi connectivity index (χ3n) is 7.11. The summed E-state index contributed by atoms with van der Waals surface area (Å²) >= 11 is 0. The van der Waals surface area contributed by atoms with E-state index in [9.17, 15) is 9.59 Å². The molecule has 2 aromatic heterocycles. The molecular weight excluding hydrogens is 430 g/mol. The molecule has 0 saturated heterocycles. The number of carbonyl (C=O) groups is 2. The van der Waals surface area contributed by atoms with Gasteiger partial charge in [0.2, 0.25) is 5.91 Å². The van der Waals surface area contributed by atoms with Crippen LogP contribution in [0.25, 0.3) is 11.1 Å². The fraction of sp³-hybridized carbons (Fsp3) is 0.481. The molecule has 7 heteroatoms. The molecule has 1 aliphatic heterocycles. The zero-order valence-electron chi connectivity index (χ0n) is 20.2. The maximum absolute atomic E-state index is 13.8. The fourth-order valence-electron chi connectivity index (χ4n) is 5.24. The highest BCUT2D eigenvalue weighted by molar-refractivity contribution is 6.02. The van der Waals surface area contributed by atoms with E-state index in [4.69, 9.17) is 9.15 Å². The average molecular weight is 464 g/mol. The van der Waals surface area contributed by atoms with Crippen molar-refractivity contribution < 1.29 is 18.7 Å². The number of ether oxygens (including phenoxy) is 1. The van der Waals surface area contributed by atoms with Crippen LogP contribution in [0.4, 0.5) is 0 Å². The molecule has 1 aromatic carbocycles. The molecule has 5 rings (SSSR count). The van der Waals surface area contributed by atoms with Gasteiger partial charge < -0.3 is 23.9 Å². The van der Waals surface area contributed by atoms with Crippen molar-refractivity contribution in [2.24, 2.45) is 0 Å². The number of amides is 2. The Morgan fingerprint density at radius 2 is 1.91 bits per heavy atom. The summed E-state index contributed by atoms with van der Waals surface area (Å²) in [5.41, 5.74) is 1.98. The topological polar surface area (TPSA) is 76.7 Å². The second kappa shape index (κ2) is 8.85. The number of furan rings is 1. The number of hydrogen-bond acceptors (Lipinski definition) is 4. The summed E-state index contributed by atoms with van der Waals surface area (Å²) in [6.45, 7) is 6.57. The molecule has 1 atom stereocenters. The third kappa shape index (κ3) is 4.08. The number of nitrogens with one attached hydrogen (secondary N) is 1. The fourth-order valence-corrected chi connectivity index (χ4v) is 5.24. The summed E-state index contributed by atoms with van der Waals surface area (Å²) in [6.07, 6.45) is 7.18. The van der Waals surface area contributed by atoms with Gasteiger partial charge in [0.25, 0.3) is 5.91 Å². The first-order valence-electron chi connectivity index (χ1n) is 12.3. The van der Waals surface area contributed by atoms with Crippen LogP contribution in [0.1, 0.15) is 68.9 Å².